The Balaban J connectivity index is 1.56. The number of nitrogens with zero attached hydrogens (tertiary/aromatic N) is 1. The lowest BCUT2D eigenvalue weighted by molar-refractivity contribution is -0.128. The van der Waals surface area contributed by atoms with Crippen LogP contribution in [0.15, 0.2) is 29.2 Å². The molecule has 2 aliphatic rings. The van der Waals surface area contributed by atoms with E-state index in [1.165, 1.54) is 4.31 Å². The van der Waals surface area contributed by atoms with Gasteiger partial charge in [-0.25, -0.2) is 8.42 Å². The molecule has 1 aromatic carbocycles. The molecule has 6 nitrogen and oxygen atoms in total. The number of rotatable bonds is 5. The van der Waals surface area contributed by atoms with Gasteiger partial charge in [-0.3, -0.25) is 4.79 Å². The van der Waals surface area contributed by atoms with Gasteiger partial charge in [-0.2, -0.15) is 4.31 Å². The second-order valence-corrected chi connectivity index (χ2v) is 10.5. The van der Waals surface area contributed by atoms with Crippen molar-refractivity contribution in [3.05, 3.63) is 24.3 Å². The minimum Gasteiger partial charge on any atom is -0.497 e. The van der Waals surface area contributed by atoms with E-state index in [1.54, 1.807) is 31.4 Å². The third-order valence-corrected chi connectivity index (χ3v) is 8.24. The second kappa shape index (κ2) is 8.41. The fourth-order valence-corrected chi connectivity index (χ4v) is 5.65. The first-order valence-electron chi connectivity index (χ1n) is 10.2. The lowest BCUT2D eigenvalue weighted by Crippen LogP contribution is -2.52. The Labute approximate surface area is 168 Å². The molecule has 0 aromatic heterocycles. The van der Waals surface area contributed by atoms with Crippen molar-refractivity contribution in [3.8, 4) is 5.75 Å². The maximum absolute atomic E-state index is 12.8. The van der Waals surface area contributed by atoms with Crippen molar-refractivity contribution in [1.82, 2.24) is 9.62 Å². The van der Waals surface area contributed by atoms with E-state index in [1.807, 2.05) is 0 Å². The number of hydrogen-bond donors (Lipinski definition) is 1. The Morgan fingerprint density at radius 3 is 2.21 bits per heavy atom. The number of carbonyl (C=O) groups excluding carboxylic acids is 1. The van der Waals surface area contributed by atoms with E-state index in [2.05, 4.69) is 19.2 Å². The Kier molecular flexibility index (Phi) is 6.34. The molecule has 156 valence electrons. The number of hydrogen-bond acceptors (Lipinski definition) is 4. The van der Waals surface area contributed by atoms with Crippen LogP contribution in [0, 0.1) is 11.8 Å². The van der Waals surface area contributed by atoms with Crippen molar-refractivity contribution >= 4 is 15.9 Å². The summed E-state index contributed by atoms with van der Waals surface area (Å²) < 4.78 is 32.3. The third-order valence-electron chi connectivity index (χ3n) is 6.32. The first-order chi connectivity index (χ1) is 13.2. The van der Waals surface area contributed by atoms with Crippen LogP contribution in [0.1, 0.15) is 52.4 Å². The van der Waals surface area contributed by atoms with E-state index in [9.17, 15) is 13.2 Å². The molecule has 0 atom stereocenters. The van der Waals surface area contributed by atoms with Crippen LogP contribution in [0.25, 0.3) is 0 Å². The summed E-state index contributed by atoms with van der Waals surface area (Å²) in [6, 6.07) is 6.44. The maximum Gasteiger partial charge on any atom is 0.243 e. The molecular weight excluding hydrogens is 376 g/mol. The van der Waals surface area contributed by atoms with Gasteiger partial charge >= 0.3 is 0 Å². The highest BCUT2D eigenvalue weighted by Crippen LogP contribution is 2.32. The van der Waals surface area contributed by atoms with E-state index in [-0.39, 0.29) is 22.3 Å². The minimum absolute atomic E-state index is 0.0820. The number of amides is 1. The van der Waals surface area contributed by atoms with Crippen LogP contribution in [0.5, 0.6) is 5.75 Å². The number of sulfonamides is 1. The van der Waals surface area contributed by atoms with Crippen LogP contribution in [-0.2, 0) is 14.8 Å². The molecule has 1 aliphatic heterocycles. The highest BCUT2D eigenvalue weighted by atomic mass is 32.2. The zero-order chi connectivity index (χ0) is 20.4. The smallest absolute Gasteiger partial charge is 0.243 e. The summed E-state index contributed by atoms with van der Waals surface area (Å²) in [5, 5.41) is 3.26. The zero-order valence-corrected chi connectivity index (χ0v) is 17.9. The van der Waals surface area contributed by atoms with Crippen LogP contribution in [0.4, 0.5) is 0 Å². The SMILES string of the molecule is COc1ccc(S(=O)(=O)N2CCC(C(=O)NC3(C)CCC(C)CC3)CC2)cc1. The molecule has 28 heavy (non-hydrogen) atoms. The third kappa shape index (κ3) is 4.69. The van der Waals surface area contributed by atoms with Crippen LogP contribution in [-0.4, -0.2) is 44.4 Å². The highest BCUT2D eigenvalue weighted by Gasteiger charge is 2.36. The summed E-state index contributed by atoms with van der Waals surface area (Å²) in [6.45, 7) is 5.15. The average Bonchev–Trinajstić information content (AvgIpc) is 2.70. The van der Waals surface area contributed by atoms with Crippen LogP contribution in [0.3, 0.4) is 0 Å². The van der Waals surface area contributed by atoms with Crippen molar-refractivity contribution in [3.63, 3.8) is 0 Å². The summed E-state index contributed by atoms with van der Waals surface area (Å²) in [4.78, 5) is 13.0. The number of methoxy groups -OCH3 is 1. The Morgan fingerprint density at radius 1 is 1.11 bits per heavy atom. The predicted octanol–water partition coefficient (Wildman–Crippen LogP) is 3.18. The van der Waals surface area contributed by atoms with Crippen LogP contribution < -0.4 is 10.1 Å². The van der Waals surface area contributed by atoms with Gasteiger partial charge in [0.15, 0.2) is 0 Å². The van der Waals surface area contributed by atoms with Crippen molar-refractivity contribution in [2.45, 2.75) is 62.8 Å². The summed E-state index contributed by atoms with van der Waals surface area (Å²) in [5.74, 6) is 1.33. The number of benzene rings is 1. The molecule has 0 bridgehead atoms. The molecule has 2 fully saturated rings. The van der Waals surface area contributed by atoms with Gasteiger partial charge < -0.3 is 10.1 Å². The molecule has 0 spiro atoms. The van der Waals surface area contributed by atoms with E-state index < -0.39 is 10.0 Å². The largest absolute Gasteiger partial charge is 0.497 e. The Morgan fingerprint density at radius 2 is 1.68 bits per heavy atom. The van der Waals surface area contributed by atoms with Gasteiger partial charge in [0.1, 0.15) is 5.75 Å². The lowest BCUT2D eigenvalue weighted by Gasteiger charge is -2.39. The van der Waals surface area contributed by atoms with Crippen molar-refractivity contribution in [2.75, 3.05) is 20.2 Å². The number of piperidine rings is 1. The molecule has 1 saturated heterocycles. The summed E-state index contributed by atoms with van der Waals surface area (Å²) in [7, 11) is -1.99. The van der Waals surface area contributed by atoms with E-state index >= 15 is 0 Å². The molecular formula is C21H32N2O4S. The van der Waals surface area contributed by atoms with Gasteiger partial charge in [0.25, 0.3) is 0 Å². The normalized spacial score (nSPS) is 27.3. The van der Waals surface area contributed by atoms with E-state index in [0.29, 0.717) is 31.7 Å². The standard InChI is InChI=1S/C21H32N2O4S/c1-16-8-12-21(2,13-9-16)22-20(24)17-10-14-23(15-11-17)28(25,26)19-6-4-18(27-3)5-7-19/h4-7,16-17H,8-15H2,1-3H3,(H,22,24). The lowest BCUT2D eigenvalue weighted by atomic mass is 9.78. The van der Waals surface area contributed by atoms with Crippen molar-refractivity contribution < 1.29 is 17.9 Å². The Hall–Kier alpha value is -1.60. The molecule has 1 amide bonds. The van der Waals surface area contributed by atoms with Gasteiger partial charge in [0, 0.05) is 24.5 Å². The quantitative estimate of drug-likeness (QED) is 0.812. The fraction of sp³-hybridized carbons (Fsp3) is 0.667. The van der Waals surface area contributed by atoms with Crippen LogP contribution in [0.2, 0.25) is 0 Å². The summed E-state index contributed by atoms with van der Waals surface area (Å²) in [5.41, 5.74) is -0.115. The number of nitrogens with one attached hydrogen (secondary N) is 1. The molecule has 1 saturated carbocycles. The van der Waals surface area contributed by atoms with Gasteiger partial charge in [0.2, 0.25) is 15.9 Å². The number of ether oxygens (including phenoxy) is 1. The summed E-state index contributed by atoms with van der Waals surface area (Å²) >= 11 is 0. The second-order valence-electron chi connectivity index (χ2n) is 8.59. The monoisotopic (exact) mass is 408 g/mol. The topological polar surface area (TPSA) is 75.7 Å². The first kappa shape index (κ1) is 21.1. The van der Waals surface area contributed by atoms with Gasteiger partial charge in [-0.15, -0.1) is 0 Å². The fourth-order valence-electron chi connectivity index (χ4n) is 4.18. The molecule has 1 aromatic rings. The molecule has 7 heteroatoms. The van der Waals surface area contributed by atoms with Crippen molar-refractivity contribution in [2.24, 2.45) is 11.8 Å². The Bertz CT molecular complexity index is 775. The molecule has 0 radical (unpaired) electrons. The van der Waals surface area contributed by atoms with Crippen LogP contribution >= 0.6 is 0 Å². The van der Waals surface area contributed by atoms with Crippen molar-refractivity contribution in [1.29, 1.82) is 0 Å². The first-order valence-corrected chi connectivity index (χ1v) is 11.6. The van der Waals surface area contributed by atoms with Gasteiger partial charge in [-0.1, -0.05) is 6.92 Å². The molecule has 0 unspecified atom stereocenters. The molecule has 1 aliphatic carbocycles. The maximum atomic E-state index is 12.8. The highest BCUT2D eigenvalue weighted by molar-refractivity contribution is 7.89. The molecule has 1 heterocycles. The number of carbonyl (C=O) groups is 1. The van der Waals surface area contributed by atoms with Gasteiger partial charge in [0.05, 0.1) is 12.0 Å². The molecule has 1 N–H and O–H groups in total. The minimum atomic E-state index is -3.54. The van der Waals surface area contributed by atoms with Gasteiger partial charge in [-0.05, 0) is 75.6 Å². The average molecular weight is 409 g/mol. The predicted molar refractivity (Wildman–Crippen MR) is 109 cm³/mol. The van der Waals surface area contributed by atoms with E-state index in [0.717, 1.165) is 31.6 Å². The zero-order valence-electron chi connectivity index (χ0n) is 17.1. The van der Waals surface area contributed by atoms with E-state index in [4.69, 9.17) is 4.74 Å². The molecule has 3 rings (SSSR count). The summed E-state index contributed by atoms with van der Waals surface area (Å²) in [6.07, 6.45) is 5.46.